The molecule has 37 heavy (non-hydrogen) atoms. The summed E-state index contributed by atoms with van der Waals surface area (Å²) in [5.74, 6) is 6.90. The molecule has 2 unspecified atom stereocenters. The summed E-state index contributed by atoms with van der Waals surface area (Å²) in [5.41, 5.74) is -1.73. The second-order valence-electron chi connectivity index (χ2n) is 10.8. The Morgan fingerprint density at radius 1 is 1.32 bits per heavy atom. The van der Waals surface area contributed by atoms with E-state index in [4.69, 9.17) is 14.1 Å². The first-order valence-corrected chi connectivity index (χ1v) is 12.5. The van der Waals surface area contributed by atoms with Crippen LogP contribution in [-0.2, 0) is 9.53 Å². The van der Waals surface area contributed by atoms with E-state index in [9.17, 15) is 14.4 Å². The maximum Gasteiger partial charge on any atom is 0.407 e. The van der Waals surface area contributed by atoms with Gasteiger partial charge in [-0.15, -0.1) is 5.92 Å². The monoisotopic (exact) mass is 512 g/mol. The number of imide groups is 1. The number of nitrogens with one attached hydrogen (secondary N) is 1. The number of likely N-dealkylation sites (N-methyl/N-ethyl adjacent to an activating group) is 1. The van der Waals surface area contributed by atoms with Crippen LogP contribution in [0.15, 0.2) is 21.5 Å². The van der Waals surface area contributed by atoms with Gasteiger partial charge < -0.3 is 24.3 Å². The molecule has 1 aromatic rings. The van der Waals surface area contributed by atoms with E-state index >= 15 is 0 Å². The number of fused-ring (bicyclic) bond motifs is 1. The molecule has 2 saturated heterocycles. The molecule has 0 radical (unpaired) electrons. The fourth-order valence-electron chi connectivity index (χ4n) is 5.00. The van der Waals surface area contributed by atoms with Crippen LogP contribution in [0, 0.1) is 18.8 Å². The largest absolute Gasteiger partial charge is 0.445 e. The maximum atomic E-state index is 13.9. The highest BCUT2D eigenvalue weighted by atomic mass is 16.6. The third-order valence-electron chi connectivity index (χ3n) is 6.82. The number of aliphatic imine (C=N–C) groups is 1. The molecule has 0 spiro atoms. The van der Waals surface area contributed by atoms with Crippen molar-refractivity contribution in [3.63, 3.8) is 0 Å². The highest BCUT2D eigenvalue weighted by Crippen LogP contribution is 2.39. The lowest BCUT2D eigenvalue weighted by Crippen LogP contribution is -2.71. The molecule has 0 saturated carbocycles. The van der Waals surface area contributed by atoms with Gasteiger partial charge in [-0.1, -0.05) is 5.92 Å². The number of likely N-dealkylation sites (tertiary alicyclic amines) is 1. The highest BCUT2D eigenvalue weighted by Gasteiger charge is 2.61. The Balaban J connectivity index is 1.63. The molecule has 4 rings (SSSR count). The van der Waals surface area contributed by atoms with Crippen LogP contribution < -0.4 is 10.2 Å². The van der Waals surface area contributed by atoms with Gasteiger partial charge in [0, 0.05) is 32.2 Å². The number of carbonyl (C=O) groups excluding carboxylic acids is 3. The first-order valence-electron chi connectivity index (χ1n) is 12.5. The number of aryl methyl sites for hydroxylation is 1. The number of alkyl carbamates (subject to hydrolysis) is 1. The summed E-state index contributed by atoms with van der Waals surface area (Å²) in [7, 11) is 1.64. The number of urea groups is 1. The SMILES string of the molecule is CC#CCN1C(N2CCC[C@@H](NC(=O)OC(C)(C)C)C2)=NC2(C)C1C(=O)N(c1ccc(C)o1)C(=O)N2C. The fraction of sp³-hybridized carbons (Fsp3) is 0.615. The molecule has 3 aliphatic rings. The Kier molecular flexibility index (Phi) is 6.88. The van der Waals surface area contributed by atoms with Gasteiger partial charge in [-0.05, 0) is 60.5 Å². The Morgan fingerprint density at radius 2 is 2.05 bits per heavy atom. The first kappa shape index (κ1) is 26.4. The van der Waals surface area contributed by atoms with Crippen LogP contribution in [0.5, 0.6) is 0 Å². The van der Waals surface area contributed by atoms with Gasteiger partial charge in [0.05, 0.1) is 6.54 Å². The molecule has 11 nitrogen and oxygen atoms in total. The molecular formula is C26H36N6O5. The molecule has 2 fully saturated rings. The van der Waals surface area contributed by atoms with E-state index < -0.39 is 35.3 Å². The van der Waals surface area contributed by atoms with Crippen molar-refractivity contribution in [2.75, 3.05) is 31.6 Å². The van der Waals surface area contributed by atoms with Crippen molar-refractivity contribution < 1.29 is 23.5 Å². The van der Waals surface area contributed by atoms with Crippen LogP contribution in [0.1, 0.15) is 53.2 Å². The minimum Gasteiger partial charge on any atom is -0.445 e. The molecule has 4 heterocycles. The minimum absolute atomic E-state index is 0.154. The van der Waals surface area contributed by atoms with Crippen LogP contribution in [0.3, 0.4) is 0 Å². The predicted octanol–water partition coefficient (Wildman–Crippen LogP) is 2.76. The topological polar surface area (TPSA) is 111 Å². The fourth-order valence-corrected chi connectivity index (χ4v) is 5.00. The molecule has 1 N–H and O–H groups in total. The van der Waals surface area contributed by atoms with Crippen molar-refractivity contribution in [2.24, 2.45) is 4.99 Å². The van der Waals surface area contributed by atoms with Crippen molar-refractivity contribution in [3.05, 3.63) is 17.9 Å². The molecule has 200 valence electrons. The number of furan rings is 1. The Hall–Kier alpha value is -3.68. The molecular weight excluding hydrogens is 476 g/mol. The summed E-state index contributed by atoms with van der Waals surface area (Å²) in [6.45, 7) is 12.2. The lowest BCUT2D eigenvalue weighted by Gasteiger charge is -2.46. The van der Waals surface area contributed by atoms with Gasteiger partial charge in [-0.25, -0.2) is 14.6 Å². The van der Waals surface area contributed by atoms with E-state index in [1.807, 2.05) is 25.7 Å². The standard InChI is InChI=1S/C26H36N6O5/c1-8-9-15-31-20-21(33)32(19-13-12-17(2)36-19)24(35)29(7)26(20,6)28-22(31)30-14-10-11-18(16-30)27-23(34)37-25(3,4)5/h12-13,18,20H,10-11,14-16H2,1-7H3,(H,27,34)/t18-,20?,26?/m1/s1. The van der Waals surface area contributed by atoms with Crippen molar-refractivity contribution in [1.29, 1.82) is 0 Å². The molecule has 4 amide bonds. The average molecular weight is 513 g/mol. The van der Waals surface area contributed by atoms with Crippen LogP contribution in [0.2, 0.25) is 0 Å². The summed E-state index contributed by atoms with van der Waals surface area (Å²) in [6, 6.07) is 1.88. The molecule has 0 aliphatic carbocycles. The number of hydrogen-bond acceptors (Lipinski definition) is 8. The number of carbonyl (C=O) groups is 3. The number of nitrogens with zero attached hydrogens (tertiary/aromatic N) is 5. The van der Waals surface area contributed by atoms with E-state index in [0.29, 0.717) is 24.8 Å². The number of piperidine rings is 1. The Labute approximate surface area is 217 Å². The highest BCUT2D eigenvalue weighted by molar-refractivity contribution is 6.19. The number of guanidine groups is 1. The van der Waals surface area contributed by atoms with E-state index in [0.717, 1.165) is 17.7 Å². The molecule has 11 heteroatoms. The number of hydrogen-bond donors (Lipinski definition) is 1. The average Bonchev–Trinajstić information content (AvgIpc) is 3.36. The summed E-state index contributed by atoms with van der Waals surface area (Å²) in [5, 5.41) is 2.96. The number of ether oxygens (including phenoxy) is 1. The van der Waals surface area contributed by atoms with Crippen LogP contribution in [0.4, 0.5) is 15.5 Å². The molecule has 1 aromatic heterocycles. The van der Waals surface area contributed by atoms with Gasteiger partial charge in [0.25, 0.3) is 5.91 Å². The van der Waals surface area contributed by atoms with E-state index in [-0.39, 0.29) is 18.5 Å². The summed E-state index contributed by atoms with van der Waals surface area (Å²) >= 11 is 0. The molecule has 0 bridgehead atoms. The second-order valence-corrected chi connectivity index (χ2v) is 10.8. The van der Waals surface area contributed by atoms with Gasteiger partial charge in [0.2, 0.25) is 11.8 Å². The third kappa shape index (κ3) is 4.97. The Bertz CT molecular complexity index is 1170. The zero-order valence-corrected chi connectivity index (χ0v) is 22.6. The van der Waals surface area contributed by atoms with Gasteiger partial charge in [0.1, 0.15) is 11.4 Å². The van der Waals surface area contributed by atoms with Gasteiger partial charge in [-0.2, -0.15) is 4.90 Å². The van der Waals surface area contributed by atoms with E-state index in [2.05, 4.69) is 22.1 Å². The van der Waals surface area contributed by atoms with Gasteiger partial charge in [0.15, 0.2) is 11.7 Å². The van der Waals surface area contributed by atoms with Gasteiger partial charge >= 0.3 is 12.1 Å². The minimum atomic E-state index is -1.14. The van der Waals surface area contributed by atoms with Crippen LogP contribution in [-0.4, -0.2) is 88.7 Å². The maximum absolute atomic E-state index is 13.9. The number of anilines is 1. The predicted molar refractivity (Wildman–Crippen MR) is 138 cm³/mol. The normalized spacial score (nSPS) is 26.0. The zero-order chi connectivity index (χ0) is 27.1. The van der Waals surface area contributed by atoms with Crippen molar-refractivity contribution in [3.8, 4) is 11.8 Å². The van der Waals surface area contributed by atoms with Crippen molar-refractivity contribution in [2.45, 2.75) is 77.7 Å². The lowest BCUT2D eigenvalue weighted by atomic mass is 9.97. The quantitative estimate of drug-likeness (QED) is 0.620. The third-order valence-corrected chi connectivity index (χ3v) is 6.82. The first-order chi connectivity index (χ1) is 17.4. The summed E-state index contributed by atoms with van der Waals surface area (Å²) < 4.78 is 11.1. The van der Waals surface area contributed by atoms with Crippen molar-refractivity contribution >= 4 is 29.9 Å². The zero-order valence-electron chi connectivity index (χ0n) is 22.6. The molecule has 0 aromatic carbocycles. The second kappa shape index (κ2) is 9.65. The van der Waals surface area contributed by atoms with Crippen LogP contribution >= 0.6 is 0 Å². The lowest BCUT2D eigenvalue weighted by molar-refractivity contribution is -0.127. The summed E-state index contributed by atoms with van der Waals surface area (Å²) in [6.07, 6.45) is 1.14. The smallest absolute Gasteiger partial charge is 0.407 e. The number of rotatable bonds is 3. The molecule has 3 atom stereocenters. The summed E-state index contributed by atoms with van der Waals surface area (Å²) in [4.78, 5) is 51.1. The van der Waals surface area contributed by atoms with E-state index in [1.165, 1.54) is 4.90 Å². The molecule has 3 aliphatic heterocycles. The number of amides is 4. The Morgan fingerprint density at radius 3 is 2.68 bits per heavy atom. The van der Waals surface area contributed by atoms with Crippen molar-refractivity contribution in [1.82, 2.24) is 20.0 Å². The van der Waals surface area contributed by atoms with Gasteiger partial charge in [-0.3, -0.25) is 9.69 Å². The van der Waals surface area contributed by atoms with E-state index in [1.54, 1.807) is 40.0 Å². The van der Waals surface area contributed by atoms with Crippen LogP contribution in [0.25, 0.3) is 0 Å².